The molecular formula is C21H33N5O2. The molecule has 0 N–H and O–H groups in total. The predicted octanol–water partition coefficient (Wildman–Crippen LogP) is 2.17. The first kappa shape index (κ1) is 20.6. The van der Waals surface area contributed by atoms with Gasteiger partial charge in [-0.1, -0.05) is 13.8 Å². The van der Waals surface area contributed by atoms with Gasteiger partial charge in [0.2, 0.25) is 11.8 Å². The van der Waals surface area contributed by atoms with Crippen LogP contribution in [0.2, 0.25) is 0 Å². The summed E-state index contributed by atoms with van der Waals surface area (Å²) in [5.41, 5.74) is 0.979. The first-order chi connectivity index (χ1) is 13.3. The summed E-state index contributed by atoms with van der Waals surface area (Å²) in [5, 5.41) is 0. The Morgan fingerprint density at radius 3 is 2.39 bits per heavy atom. The van der Waals surface area contributed by atoms with Crippen molar-refractivity contribution in [3.05, 3.63) is 17.6 Å². The molecule has 0 aliphatic carbocycles. The molecule has 1 aromatic heterocycles. The molecule has 7 heteroatoms. The van der Waals surface area contributed by atoms with E-state index in [1.165, 1.54) is 0 Å². The first-order valence-corrected chi connectivity index (χ1v) is 10.4. The van der Waals surface area contributed by atoms with Gasteiger partial charge in [-0.2, -0.15) is 0 Å². The maximum atomic E-state index is 13.3. The van der Waals surface area contributed by atoms with Gasteiger partial charge in [-0.25, -0.2) is 9.97 Å². The molecule has 0 spiro atoms. The van der Waals surface area contributed by atoms with Crippen molar-refractivity contribution >= 4 is 17.6 Å². The number of carbonyl (C=O) groups is 2. The van der Waals surface area contributed by atoms with Crippen LogP contribution in [0.15, 0.2) is 6.07 Å². The molecule has 7 nitrogen and oxygen atoms in total. The summed E-state index contributed by atoms with van der Waals surface area (Å²) in [6.45, 7) is 10.4. The van der Waals surface area contributed by atoms with Crippen molar-refractivity contribution < 1.29 is 9.59 Å². The summed E-state index contributed by atoms with van der Waals surface area (Å²) < 4.78 is 0. The number of piperidine rings is 1. The lowest BCUT2D eigenvalue weighted by Crippen LogP contribution is -2.55. The van der Waals surface area contributed by atoms with Crippen molar-refractivity contribution in [3.63, 3.8) is 0 Å². The lowest BCUT2D eigenvalue weighted by atomic mass is 9.98. The van der Waals surface area contributed by atoms with Gasteiger partial charge in [0.1, 0.15) is 17.7 Å². The van der Waals surface area contributed by atoms with Gasteiger partial charge < -0.3 is 14.7 Å². The van der Waals surface area contributed by atoms with Crippen molar-refractivity contribution in [1.82, 2.24) is 19.8 Å². The topological polar surface area (TPSA) is 69.6 Å². The van der Waals surface area contributed by atoms with Crippen LogP contribution in [0.25, 0.3) is 0 Å². The van der Waals surface area contributed by atoms with E-state index in [-0.39, 0.29) is 29.8 Å². The minimum absolute atomic E-state index is 0.0809. The Hall–Kier alpha value is -2.18. The predicted molar refractivity (Wildman–Crippen MR) is 109 cm³/mol. The average Bonchev–Trinajstić information content (AvgIpc) is 3.06. The number of aromatic nitrogens is 2. The summed E-state index contributed by atoms with van der Waals surface area (Å²) >= 11 is 0. The number of aryl methyl sites for hydroxylation is 2. The number of rotatable bonds is 5. The van der Waals surface area contributed by atoms with Crippen LogP contribution in [0.4, 0.5) is 5.82 Å². The molecule has 3 rings (SSSR count). The van der Waals surface area contributed by atoms with Gasteiger partial charge in [0, 0.05) is 50.9 Å². The molecule has 3 heterocycles. The minimum Gasteiger partial charge on any atom is -0.356 e. The average molecular weight is 388 g/mol. The molecule has 0 radical (unpaired) electrons. The van der Waals surface area contributed by atoms with E-state index < -0.39 is 0 Å². The third kappa shape index (κ3) is 4.28. The van der Waals surface area contributed by atoms with Crippen molar-refractivity contribution in [3.8, 4) is 0 Å². The van der Waals surface area contributed by atoms with Gasteiger partial charge in [-0.15, -0.1) is 0 Å². The highest BCUT2D eigenvalue weighted by atomic mass is 16.2. The van der Waals surface area contributed by atoms with Crippen LogP contribution >= 0.6 is 0 Å². The van der Waals surface area contributed by atoms with Gasteiger partial charge in [-0.05, 0) is 39.0 Å². The highest BCUT2D eigenvalue weighted by molar-refractivity contribution is 5.89. The Morgan fingerprint density at radius 1 is 1.18 bits per heavy atom. The first-order valence-electron chi connectivity index (χ1n) is 10.4. The second-order valence-corrected chi connectivity index (χ2v) is 8.46. The number of carbonyl (C=O) groups excluding carboxylic acids is 2. The van der Waals surface area contributed by atoms with E-state index in [9.17, 15) is 9.59 Å². The second-order valence-electron chi connectivity index (χ2n) is 8.46. The van der Waals surface area contributed by atoms with Crippen molar-refractivity contribution in [1.29, 1.82) is 0 Å². The SMILES string of the molecule is Cc1cc(N2CCC(N(C)C(=O)C(C(C)C)N3CCCC3=O)CC2)nc(C)n1. The third-order valence-corrected chi connectivity index (χ3v) is 5.97. The number of hydrogen-bond donors (Lipinski definition) is 0. The molecule has 1 aromatic rings. The molecule has 28 heavy (non-hydrogen) atoms. The smallest absolute Gasteiger partial charge is 0.245 e. The molecule has 0 bridgehead atoms. The molecule has 0 saturated carbocycles. The van der Waals surface area contributed by atoms with E-state index >= 15 is 0 Å². The maximum Gasteiger partial charge on any atom is 0.245 e. The van der Waals surface area contributed by atoms with Crippen LogP contribution in [0, 0.1) is 19.8 Å². The van der Waals surface area contributed by atoms with E-state index in [0.29, 0.717) is 13.0 Å². The van der Waals surface area contributed by atoms with Crippen molar-refractivity contribution in [2.45, 2.75) is 65.5 Å². The molecule has 154 valence electrons. The monoisotopic (exact) mass is 387 g/mol. The van der Waals surface area contributed by atoms with Gasteiger partial charge >= 0.3 is 0 Å². The van der Waals surface area contributed by atoms with E-state index in [4.69, 9.17) is 0 Å². The Balaban J connectivity index is 1.64. The summed E-state index contributed by atoms with van der Waals surface area (Å²) in [4.78, 5) is 40.4. The van der Waals surface area contributed by atoms with Crippen LogP contribution in [0.1, 0.15) is 51.0 Å². The number of likely N-dealkylation sites (tertiary alicyclic amines) is 1. The molecule has 2 aliphatic rings. The van der Waals surface area contributed by atoms with E-state index in [1.807, 2.05) is 45.7 Å². The Labute approximate surface area is 168 Å². The number of anilines is 1. The summed E-state index contributed by atoms with van der Waals surface area (Å²) in [6, 6.07) is 1.88. The lowest BCUT2D eigenvalue weighted by Gasteiger charge is -2.40. The maximum absolute atomic E-state index is 13.3. The molecule has 0 aromatic carbocycles. The highest BCUT2D eigenvalue weighted by Crippen LogP contribution is 2.25. The zero-order chi connectivity index (χ0) is 20.4. The Bertz CT molecular complexity index is 707. The fourth-order valence-electron chi connectivity index (χ4n) is 4.47. The number of likely N-dealkylation sites (N-methyl/N-ethyl adjacent to an activating group) is 1. The van der Waals surface area contributed by atoms with Crippen LogP contribution in [0.5, 0.6) is 0 Å². The lowest BCUT2D eigenvalue weighted by molar-refractivity contribution is -0.146. The molecule has 1 unspecified atom stereocenters. The summed E-state index contributed by atoms with van der Waals surface area (Å²) in [7, 11) is 1.90. The van der Waals surface area contributed by atoms with Crippen LogP contribution in [-0.2, 0) is 9.59 Å². The van der Waals surface area contributed by atoms with E-state index in [1.54, 1.807) is 4.90 Å². The van der Waals surface area contributed by atoms with Crippen LogP contribution < -0.4 is 4.90 Å². The van der Waals surface area contributed by atoms with Crippen molar-refractivity contribution in [2.24, 2.45) is 5.92 Å². The molecular weight excluding hydrogens is 354 g/mol. The zero-order valence-electron chi connectivity index (χ0n) is 17.8. The minimum atomic E-state index is -0.342. The largest absolute Gasteiger partial charge is 0.356 e. The fourth-order valence-corrected chi connectivity index (χ4v) is 4.47. The molecule has 2 amide bonds. The van der Waals surface area contributed by atoms with Gasteiger partial charge in [0.15, 0.2) is 0 Å². The Kier molecular flexibility index (Phi) is 6.20. The quantitative estimate of drug-likeness (QED) is 0.774. The zero-order valence-corrected chi connectivity index (χ0v) is 17.8. The second kappa shape index (κ2) is 8.45. The molecule has 2 aliphatic heterocycles. The summed E-state index contributed by atoms with van der Waals surface area (Å²) in [5.74, 6) is 2.07. The van der Waals surface area contributed by atoms with E-state index in [0.717, 1.165) is 49.7 Å². The van der Waals surface area contributed by atoms with Gasteiger partial charge in [0.25, 0.3) is 0 Å². The van der Waals surface area contributed by atoms with E-state index in [2.05, 4.69) is 14.9 Å². The fraction of sp³-hybridized carbons (Fsp3) is 0.714. The summed E-state index contributed by atoms with van der Waals surface area (Å²) in [6.07, 6.45) is 3.23. The van der Waals surface area contributed by atoms with Gasteiger partial charge in [0.05, 0.1) is 0 Å². The number of amides is 2. The molecule has 1 atom stereocenters. The van der Waals surface area contributed by atoms with Crippen LogP contribution in [-0.4, -0.2) is 70.3 Å². The number of nitrogens with zero attached hydrogens (tertiary/aromatic N) is 5. The molecule has 2 saturated heterocycles. The number of hydrogen-bond acceptors (Lipinski definition) is 5. The van der Waals surface area contributed by atoms with Crippen LogP contribution in [0.3, 0.4) is 0 Å². The molecule has 2 fully saturated rings. The highest BCUT2D eigenvalue weighted by Gasteiger charge is 2.38. The third-order valence-electron chi connectivity index (χ3n) is 5.97. The standard InChI is InChI=1S/C21H33N5O2/c1-14(2)20(26-10-6-7-19(26)27)21(28)24(5)17-8-11-25(12-9-17)18-13-15(3)22-16(4)23-18/h13-14,17,20H,6-12H2,1-5H3. The normalized spacial score (nSPS) is 19.4. The Morgan fingerprint density at radius 2 is 1.86 bits per heavy atom. The van der Waals surface area contributed by atoms with Crippen molar-refractivity contribution in [2.75, 3.05) is 31.6 Å². The van der Waals surface area contributed by atoms with Gasteiger partial charge in [-0.3, -0.25) is 9.59 Å².